The normalized spacial score (nSPS) is 13.2. The SMILES string of the molecule is COc1ccc(C(=O)[C@H](OC(=O)c2ccc3c(c2)C(=O)N(c2ccccc2)C3=O)c2ccccc2)cc1. The van der Waals surface area contributed by atoms with Crippen LogP contribution in [-0.4, -0.2) is 30.7 Å². The first-order chi connectivity index (χ1) is 18.0. The van der Waals surface area contributed by atoms with E-state index >= 15 is 0 Å². The molecule has 0 N–H and O–H groups in total. The minimum atomic E-state index is -1.21. The maximum Gasteiger partial charge on any atom is 0.339 e. The van der Waals surface area contributed by atoms with Gasteiger partial charge in [-0.25, -0.2) is 9.69 Å². The van der Waals surface area contributed by atoms with Crippen molar-refractivity contribution < 1.29 is 28.7 Å². The predicted octanol–water partition coefficient (Wildman–Crippen LogP) is 5.28. The smallest absolute Gasteiger partial charge is 0.339 e. The van der Waals surface area contributed by atoms with Gasteiger partial charge in [-0.1, -0.05) is 48.5 Å². The minimum absolute atomic E-state index is 0.0540. The zero-order valence-corrected chi connectivity index (χ0v) is 19.8. The molecule has 2 amide bonds. The summed E-state index contributed by atoms with van der Waals surface area (Å²) in [5.74, 6) is -1.62. The first-order valence-electron chi connectivity index (χ1n) is 11.5. The van der Waals surface area contributed by atoms with E-state index in [4.69, 9.17) is 9.47 Å². The highest BCUT2D eigenvalue weighted by Gasteiger charge is 2.37. The second-order valence-electron chi connectivity index (χ2n) is 8.33. The van der Waals surface area contributed by atoms with Gasteiger partial charge in [0.25, 0.3) is 11.8 Å². The van der Waals surface area contributed by atoms with Crippen molar-refractivity contribution in [3.05, 3.63) is 131 Å². The predicted molar refractivity (Wildman–Crippen MR) is 136 cm³/mol. The Morgan fingerprint density at radius 3 is 1.95 bits per heavy atom. The van der Waals surface area contributed by atoms with Crippen molar-refractivity contribution in [2.75, 3.05) is 12.0 Å². The Balaban J connectivity index is 1.44. The lowest BCUT2D eigenvalue weighted by Crippen LogP contribution is -2.29. The van der Waals surface area contributed by atoms with E-state index in [1.54, 1.807) is 84.9 Å². The maximum absolute atomic E-state index is 13.4. The number of rotatable bonds is 7. The van der Waals surface area contributed by atoms with Crippen molar-refractivity contribution in [3.63, 3.8) is 0 Å². The van der Waals surface area contributed by atoms with Crippen LogP contribution < -0.4 is 9.64 Å². The minimum Gasteiger partial charge on any atom is -0.497 e. The summed E-state index contributed by atoms with van der Waals surface area (Å²) in [5, 5.41) is 0. The number of anilines is 1. The van der Waals surface area contributed by atoms with Crippen LogP contribution in [0.4, 0.5) is 5.69 Å². The molecule has 0 radical (unpaired) electrons. The molecule has 5 rings (SSSR count). The molecule has 37 heavy (non-hydrogen) atoms. The Labute approximate surface area is 212 Å². The number of carbonyl (C=O) groups excluding carboxylic acids is 4. The van der Waals surface area contributed by atoms with Crippen molar-refractivity contribution in [2.45, 2.75) is 6.10 Å². The third-order valence-corrected chi connectivity index (χ3v) is 6.08. The van der Waals surface area contributed by atoms with Gasteiger partial charge in [-0.2, -0.15) is 0 Å². The number of para-hydroxylation sites is 1. The lowest BCUT2D eigenvalue weighted by Gasteiger charge is -2.18. The zero-order chi connectivity index (χ0) is 25.9. The molecule has 0 fully saturated rings. The molecule has 4 aromatic rings. The molecule has 0 spiro atoms. The van der Waals surface area contributed by atoms with Crippen LogP contribution in [0.5, 0.6) is 5.75 Å². The van der Waals surface area contributed by atoms with Crippen molar-refractivity contribution in [1.82, 2.24) is 0 Å². The molecule has 0 aliphatic carbocycles. The van der Waals surface area contributed by atoms with Crippen molar-refractivity contribution in [3.8, 4) is 5.75 Å². The quantitative estimate of drug-likeness (QED) is 0.199. The summed E-state index contributed by atoms with van der Waals surface area (Å²) in [7, 11) is 1.53. The summed E-state index contributed by atoms with van der Waals surface area (Å²) < 4.78 is 10.9. The number of methoxy groups -OCH3 is 1. The van der Waals surface area contributed by atoms with Crippen LogP contribution in [0, 0.1) is 0 Å². The molecule has 0 bridgehead atoms. The number of imide groups is 1. The van der Waals surface area contributed by atoms with Gasteiger partial charge >= 0.3 is 5.97 Å². The second kappa shape index (κ2) is 9.91. The Morgan fingerprint density at radius 1 is 0.703 bits per heavy atom. The summed E-state index contributed by atoms with van der Waals surface area (Å²) >= 11 is 0. The fourth-order valence-corrected chi connectivity index (χ4v) is 4.16. The molecule has 0 saturated carbocycles. The molecule has 0 saturated heterocycles. The fourth-order valence-electron chi connectivity index (χ4n) is 4.16. The maximum atomic E-state index is 13.4. The van der Waals surface area contributed by atoms with E-state index < -0.39 is 29.7 Å². The summed E-state index contributed by atoms with van der Waals surface area (Å²) in [5.41, 5.74) is 1.63. The number of hydrogen-bond acceptors (Lipinski definition) is 6. The van der Waals surface area contributed by atoms with Crippen molar-refractivity contribution >= 4 is 29.3 Å². The Kier molecular flexibility index (Phi) is 6.34. The highest BCUT2D eigenvalue weighted by Crippen LogP contribution is 2.30. The van der Waals surface area contributed by atoms with E-state index in [1.807, 2.05) is 0 Å². The molecule has 1 aliphatic heterocycles. The molecular formula is C30H21NO6. The number of ether oxygens (including phenoxy) is 2. The molecule has 0 aromatic heterocycles. The van der Waals surface area contributed by atoms with E-state index in [1.165, 1.54) is 25.3 Å². The van der Waals surface area contributed by atoms with Crippen LogP contribution >= 0.6 is 0 Å². The average Bonchev–Trinajstić information content (AvgIpc) is 3.21. The van der Waals surface area contributed by atoms with Crippen LogP contribution in [-0.2, 0) is 4.74 Å². The number of amides is 2. The summed E-state index contributed by atoms with van der Waals surface area (Å²) in [6.07, 6.45) is -1.21. The average molecular weight is 491 g/mol. The van der Waals surface area contributed by atoms with Gasteiger partial charge in [-0.15, -0.1) is 0 Å². The van der Waals surface area contributed by atoms with Gasteiger partial charge in [0, 0.05) is 11.1 Å². The number of hydrogen-bond donors (Lipinski definition) is 0. The highest BCUT2D eigenvalue weighted by atomic mass is 16.5. The van der Waals surface area contributed by atoms with Crippen LogP contribution in [0.25, 0.3) is 0 Å². The van der Waals surface area contributed by atoms with Gasteiger partial charge in [0.2, 0.25) is 5.78 Å². The van der Waals surface area contributed by atoms with Crippen LogP contribution in [0.3, 0.4) is 0 Å². The Hall–Kier alpha value is -5.04. The van der Waals surface area contributed by atoms with Crippen LogP contribution in [0.2, 0.25) is 0 Å². The first-order valence-corrected chi connectivity index (χ1v) is 11.5. The monoisotopic (exact) mass is 491 g/mol. The molecule has 1 aliphatic rings. The standard InChI is InChI=1S/C30H21NO6/c1-36-23-15-12-19(13-16-23)26(32)27(20-8-4-2-5-9-20)37-30(35)21-14-17-24-25(18-21)29(34)31(28(24)33)22-10-6-3-7-11-22/h2-18,27H,1H3/t27-/m1/s1. The van der Waals surface area contributed by atoms with Gasteiger partial charge in [-0.3, -0.25) is 14.4 Å². The fraction of sp³-hybridized carbons (Fsp3) is 0.0667. The first kappa shape index (κ1) is 23.7. The van der Waals surface area contributed by atoms with E-state index in [0.29, 0.717) is 22.6 Å². The molecule has 182 valence electrons. The molecule has 0 unspecified atom stereocenters. The number of benzene rings is 4. The molecular weight excluding hydrogens is 470 g/mol. The number of fused-ring (bicyclic) bond motifs is 1. The van der Waals surface area contributed by atoms with Gasteiger partial charge in [-0.05, 0) is 54.6 Å². The molecule has 7 heteroatoms. The van der Waals surface area contributed by atoms with Crippen molar-refractivity contribution in [2.24, 2.45) is 0 Å². The summed E-state index contributed by atoms with van der Waals surface area (Å²) in [4.78, 5) is 53.6. The zero-order valence-electron chi connectivity index (χ0n) is 19.8. The summed E-state index contributed by atoms with van der Waals surface area (Å²) in [6.45, 7) is 0. The number of Topliss-reactive ketones (excluding diaryl/α,β-unsaturated/α-hetero) is 1. The van der Waals surface area contributed by atoms with Crippen LogP contribution in [0.15, 0.2) is 103 Å². The van der Waals surface area contributed by atoms with E-state index in [9.17, 15) is 19.2 Å². The Morgan fingerprint density at radius 2 is 1.30 bits per heavy atom. The third-order valence-electron chi connectivity index (χ3n) is 6.08. The molecule has 1 heterocycles. The molecule has 7 nitrogen and oxygen atoms in total. The molecule has 4 aromatic carbocycles. The van der Waals surface area contributed by atoms with Gasteiger partial charge in [0.15, 0.2) is 6.10 Å². The third kappa shape index (κ3) is 4.50. The molecule has 1 atom stereocenters. The van der Waals surface area contributed by atoms with Gasteiger partial charge in [0.05, 0.1) is 29.5 Å². The lowest BCUT2D eigenvalue weighted by atomic mass is 9.99. The number of carbonyl (C=O) groups is 4. The van der Waals surface area contributed by atoms with Gasteiger partial charge in [0.1, 0.15) is 5.75 Å². The number of ketones is 1. The van der Waals surface area contributed by atoms with Gasteiger partial charge < -0.3 is 9.47 Å². The van der Waals surface area contributed by atoms with E-state index in [0.717, 1.165) is 4.90 Å². The van der Waals surface area contributed by atoms with E-state index in [-0.39, 0.29) is 16.7 Å². The largest absolute Gasteiger partial charge is 0.497 e. The van der Waals surface area contributed by atoms with Crippen molar-refractivity contribution in [1.29, 1.82) is 0 Å². The lowest BCUT2D eigenvalue weighted by molar-refractivity contribution is 0.0280. The highest BCUT2D eigenvalue weighted by molar-refractivity contribution is 6.34. The number of esters is 1. The van der Waals surface area contributed by atoms with E-state index in [2.05, 4.69) is 0 Å². The topological polar surface area (TPSA) is 90.0 Å². The second-order valence-corrected chi connectivity index (χ2v) is 8.33. The number of nitrogens with zero attached hydrogens (tertiary/aromatic N) is 1. The summed E-state index contributed by atoms with van der Waals surface area (Å²) in [6, 6.07) is 27.9. The van der Waals surface area contributed by atoms with Crippen LogP contribution in [0.1, 0.15) is 53.1 Å². The Bertz CT molecular complexity index is 1500.